The molecule has 4 aromatic rings. The summed E-state index contributed by atoms with van der Waals surface area (Å²) in [6.07, 6.45) is 0. The maximum absolute atomic E-state index is 15.7. The smallest absolute Gasteiger partial charge is 0.389 e. The van der Waals surface area contributed by atoms with Crippen LogP contribution in [0, 0.1) is 27.7 Å². The average Bonchev–Trinajstić information content (AvgIpc) is 3.19. The zero-order valence-corrected chi connectivity index (χ0v) is 15.6. The van der Waals surface area contributed by atoms with E-state index in [4.69, 9.17) is 4.98 Å². The van der Waals surface area contributed by atoms with Crippen LogP contribution in [-0.4, -0.2) is 21.4 Å². The van der Waals surface area contributed by atoms with Crippen molar-refractivity contribution in [1.82, 2.24) is 14.4 Å². The molecule has 4 nitrogen and oxygen atoms in total. The van der Waals surface area contributed by atoms with Gasteiger partial charge in [0.2, 0.25) is 5.69 Å². The lowest BCUT2D eigenvalue weighted by Crippen LogP contribution is -2.61. The van der Waals surface area contributed by atoms with Crippen LogP contribution in [0.3, 0.4) is 0 Å². The predicted octanol–water partition coefficient (Wildman–Crippen LogP) is 4.30. The summed E-state index contributed by atoms with van der Waals surface area (Å²) in [5.74, 6) is 0. The Labute approximate surface area is 155 Å². The molecule has 0 radical (unpaired) electrons. The Bertz CT molecular complexity index is 1250. The molecule has 0 amide bonds. The summed E-state index contributed by atoms with van der Waals surface area (Å²) in [7, 11) is 0. The third kappa shape index (κ3) is 1.97. The number of halogens is 2. The third-order valence-corrected chi connectivity index (χ3v) is 5.49. The van der Waals surface area contributed by atoms with E-state index in [0.717, 1.165) is 22.5 Å². The molecule has 1 aliphatic heterocycles. The van der Waals surface area contributed by atoms with Crippen molar-refractivity contribution in [2.45, 2.75) is 27.7 Å². The van der Waals surface area contributed by atoms with E-state index < -0.39 is 6.97 Å². The molecule has 5 rings (SSSR count). The van der Waals surface area contributed by atoms with Crippen LogP contribution in [0.5, 0.6) is 0 Å². The number of benzene rings is 1. The van der Waals surface area contributed by atoms with Crippen LogP contribution >= 0.6 is 0 Å². The van der Waals surface area contributed by atoms with Crippen LogP contribution in [-0.2, 0) is 0 Å². The summed E-state index contributed by atoms with van der Waals surface area (Å²) >= 11 is 0. The number of para-hydroxylation sites is 2. The fourth-order valence-electron chi connectivity index (χ4n) is 4.50. The van der Waals surface area contributed by atoms with Gasteiger partial charge in [0.25, 0.3) is 0 Å². The van der Waals surface area contributed by atoms with E-state index in [2.05, 4.69) is 4.98 Å². The Hall–Kier alpha value is -2.96. The van der Waals surface area contributed by atoms with Crippen molar-refractivity contribution in [1.29, 1.82) is 0 Å². The van der Waals surface area contributed by atoms with E-state index in [-0.39, 0.29) is 0 Å². The van der Waals surface area contributed by atoms with E-state index in [1.807, 2.05) is 39.0 Å². The van der Waals surface area contributed by atoms with Gasteiger partial charge in [0, 0.05) is 11.8 Å². The zero-order chi connectivity index (χ0) is 19.1. The van der Waals surface area contributed by atoms with E-state index in [1.165, 1.54) is 8.96 Å². The normalized spacial score (nSPS) is 14.6. The van der Waals surface area contributed by atoms with Crippen LogP contribution in [0.1, 0.15) is 22.5 Å². The molecule has 0 fully saturated rings. The number of nitrogens with zero attached hydrogens (tertiary/aromatic N) is 3. The molecule has 0 saturated carbocycles. The highest BCUT2D eigenvalue weighted by Gasteiger charge is 2.55. The molecular weight excluding hydrogens is 345 g/mol. The Kier molecular flexibility index (Phi) is 3.04. The summed E-state index contributed by atoms with van der Waals surface area (Å²) in [6.45, 7) is 3.56. The van der Waals surface area contributed by atoms with Crippen molar-refractivity contribution in [3.8, 4) is 22.8 Å². The largest absolute Gasteiger partial charge is 0.738 e. The van der Waals surface area contributed by atoms with Crippen molar-refractivity contribution in [3.63, 3.8) is 0 Å². The summed E-state index contributed by atoms with van der Waals surface area (Å²) < 4.78 is 33.8. The minimum Gasteiger partial charge on any atom is -0.389 e. The summed E-state index contributed by atoms with van der Waals surface area (Å²) in [6, 6.07) is 10.9. The van der Waals surface area contributed by atoms with E-state index in [0.29, 0.717) is 33.8 Å². The number of rotatable bonds is 1. The first-order chi connectivity index (χ1) is 12.8. The van der Waals surface area contributed by atoms with E-state index in [9.17, 15) is 0 Å². The lowest BCUT2D eigenvalue weighted by atomic mass is 9.96. The quantitative estimate of drug-likeness (QED) is 0.503. The Morgan fingerprint density at radius 3 is 2.48 bits per heavy atom. The summed E-state index contributed by atoms with van der Waals surface area (Å²) in [5.41, 5.74) is 6.77. The van der Waals surface area contributed by atoms with Crippen molar-refractivity contribution in [3.05, 3.63) is 58.9 Å². The topological polar surface area (TPSA) is 37.5 Å². The van der Waals surface area contributed by atoms with Crippen molar-refractivity contribution < 1.29 is 13.1 Å². The maximum atomic E-state index is 15.7. The summed E-state index contributed by atoms with van der Waals surface area (Å²) in [5, 5.41) is 0. The van der Waals surface area contributed by atoms with Gasteiger partial charge >= 0.3 is 6.97 Å². The molecule has 1 N–H and O–H groups in total. The average molecular weight is 364 g/mol. The molecule has 3 aromatic heterocycles. The van der Waals surface area contributed by atoms with Crippen LogP contribution in [0.4, 0.5) is 8.63 Å². The van der Waals surface area contributed by atoms with Gasteiger partial charge in [0.05, 0.1) is 11.4 Å². The Morgan fingerprint density at radius 2 is 1.78 bits per heavy atom. The van der Waals surface area contributed by atoms with Crippen LogP contribution in [0.25, 0.3) is 33.8 Å². The lowest BCUT2D eigenvalue weighted by Gasteiger charge is -2.18. The monoisotopic (exact) mass is 364 g/mol. The van der Waals surface area contributed by atoms with Crippen LogP contribution < -0.4 is 4.48 Å². The number of nitrogens with one attached hydrogen (secondary N) is 1. The van der Waals surface area contributed by atoms with E-state index in [1.54, 1.807) is 25.1 Å². The lowest BCUT2D eigenvalue weighted by molar-refractivity contribution is -0.522. The highest BCUT2D eigenvalue weighted by molar-refractivity contribution is 6.58. The highest BCUT2D eigenvalue weighted by atomic mass is 19.2. The molecule has 0 unspecified atom stereocenters. The summed E-state index contributed by atoms with van der Waals surface area (Å²) in [4.78, 5) is 8.13. The molecule has 27 heavy (non-hydrogen) atoms. The first-order valence-electron chi connectivity index (χ1n) is 9.03. The number of aromatic nitrogens is 4. The Balaban J connectivity index is 2.02. The number of aromatic amines is 1. The van der Waals surface area contributed by atoms with Crippen LogP contribution in [0.2, 0.25) is 0 Å². The first-order valence-corrected chi connectivity index (χ1v) is 9.03. The number of hydrogen-bond acceptors (Lipinski definition) is 1. The van der Waals surface area contributed by atoms with Gasteiger partial charge in [-0.2, -0.15) is 0 Å². The van der Waals surface area contributed by atoms with Crippen LogP contribution in [0.15, 0.2) is 36.4 Å². The molecule has 7 heteroatoms. The van der Waals surface area contributed by atoms with E-state index >= 15 is 8.63 Å². The predicted molar refractivity (Wildman–Crippen MR) is 103 cm³/mol. The molecule has 0 saturated heterocycles. The van der Waals surface area contributed by atoms with Gasteiger partial charge in [0.15, 0.2) is 11.2 Å². The molecule has 4 heterocycles. The minimum atomic E-state index is -3.99. The van der Waals surface area contributed by atoms with Crippen molar-refractivity contribution >= 4 is 18.0 Å². The Morgan fingerprint density at radius 1 is 1.04 bits per heavy atom. The number of fused-ring (bicyclic) bond motifs is 5. The molecule has 0 aliphatic carbocycles. The van der Waals surface area contributed by atoms with Crippen molar-refractivity contribution in [2.24, 2.45) is 0 Å². The van der Waals surface area contributed by atoms with Gasteiger partial charge < -0.3 is 22.6 Å². The van der Waals surface area contributed by atoms with Gasteiger partial charge in [-0.05, 0) is 62.7 Å². The number of H-pyrrole nitrogens is 1. The second-order valence-corrected chi connectivity index (χ2v) is 7.45. The molecule has 0 spiro atoms. The number of hydrogen-bond donors (Lipinski definition) is 1. The molecule has 1 aliphatic rings. The highest BCUT2D eigenvalue weighted by Crippen LogP contribution is 2.40. The zero-order valence-electron chi connectivity index (χ0n) is 15.6. The number of aryl methyl sites for hydroxylation is 4. The second kappa shape index (κ2) is 5.06. The van der Waals surface area contributed by atoms with Gasteiger partial charge in [0.1, 0.15) is 5.52 Å². The third-order valence-electron chi connectivity index (χ3n) is 5.49. The van der Waals surface area contributed by atoms with Gasteiger partial charge in [-0.25, -0.2) is 4.98 Å². The SMILES string of the molecule is Cc1cc(C)c(-c2nc3ccccc3[n+]3c2-c2c(C)cc(C)n2[B-]3(F)F)[nH]1. The molecule has 0 bridgehead atoms. The first kappa shape index (κ1) is 16.2. The fourth-order valence-corrected chi connectivity index (χ4v) is 4.50. The standard InChI is InChI=1S/C20H19BF2N4/c1-11-9-13(3)24-17(11)18-20-19-12(2)10-14(4)26(19)21(22,23)27(20)16-8-6-5-7-15(16)25-18/h5-10,24H,1-4H3. The fraction of sp³-hybridized carbons (Fsp3) is 0.200. The molecule has 1 aromatic carbocycles. The van der Waals surface area contributed by atoms with Crippen molar-refractivity contribution in [2.75, 3.05) is 0 Å². The maximum Gasteiger partial charge on any atom is 0.738 e. The molecular formula is C20H19BF2N4. The molecule has 136 valence electrons. The molecule has 0 atom stereocenters. The minimum absolute atomic E-state index is 0.449. The van der Waals surface area contributed by atoms with Gasteiger partial charge in [-0.15, -0.1) is 0 Å². The second-order valence-electron chi connectivity index (χ2n) is 7.45. The van der Waals surface area contributed by atoms with Gasteiger partial charge in [-0.1, -0.05) is 12.1 Å². The van der Waals surface area contributed by atoms with Gasteiger partial charge in [-0.3, -0.25) is 0 Å².